The Balaban J connectivity index is 1.80. The third-order valence-electron chi connectivity index (χ3n) is 3.53. The second kappa shape index (κ2) is 4.96. The molecular formula is C13H17N3O2. The molecule has 5 heteroatoms. The first-order valence-electron chi connectivity index (χ1n) is 6.23. The van der Waals surface area contributed by atoms with Gasteiger partial charge in [0.25, 0.3) is 0 Å². The topological polar surface area (TPSA) is 54.4 Å². The zero-order valence-corrected chi connectivity index (χ0v) is 10.2. The second-order valence-electron chi connectivity index (χ2n) is 4.69. The molecular weight excluding hydrogens is 230 g/mol. The molecule has 0 fully saturated rings. The van der Waals surface area contributed by atoms with E-state index < -0.39 is 0 Å². The lowest BCUT2D eigenvalue weighted by molar-refractivity contribution is 0.101. The molecule has 1 aliphatic heterocycles. The van der Waals surface area contributed by atoms with Gasteiger partial charge in [0.1, 0.15) is 5.76 Å². The third kappa shape index (κ3) is 2.19. The molecule has 2 aromatic rings. The van der Waals surface area contributed by atoms with Crippen LogP contribution >= 0.6 is 0 Å². The Hall–Kier alpha value is -1.59. The van der Waals surface area contributed by atoms with Gasteiger partial charge >= 0.3 is 0 Å². The highest BCUT2D eigenvalue weighted by Crippen LogP contribution is 2.19. The van der Waals surface area contributed by atoms with E-state index in [-0.39, 0.29) is 12.6 Å². The van der Waals surface area contributed by atoms with E-state index in [2.05, 4.69) is 14.5 Å². The highest BCUT2D eigenvalue weighted by atomic mass is 16.3. The lowest BCUT2D eigenvalue weighted by Gasteiger charge is -2.26. The SMILES string of the molecule is OC[C@H]1CCn2cncc2CN1Cc1ccco1. The Morgan fingerprint density at radius 1 is 1.50 bits per heavy atom. The molecule has 18 heavy (non-hydrogen) atoms. The van der Waals surface area contributed by atoms with Crippen molar-refractivity contribution in [2.45, 2.75) is 32.1 Å². The van der Waals surface area contributed by atoms with Gasteiger partial charge in [-0.2, -0.15) is 0 Å². The molecule has 5 nitrogen and oxygen atoms in total. The van der Waals surface area contributed by atoms with Gasteiger partial charge in [-0.3, -0.25) is 4.90 Å². The van der Waals surface area contributed by atoms with Crippen LogP contribution in [0.5, 0.6) is 0 Å². The Morgan fingerprint density at radius 3 is 3.22 bits per heavy atom. The molecule has 2 aromatic heterocycles. The summed E-state index contributed by atoms with van der Waals surface area (Å²) in [6.07, 6.45) is 6.38. The number of hydrogen-bond acceptors (Lipinski definition) is 4. The van der Waals surface area contributed by atoms with Crippen LogP contribution in [0.15, 0.2) is 35.3 Å². The van der Waals surface area contributed by atoms with Crippen LogP contribution in [0.25, 0.3) is 0 Å². The smallest absolute Gasteiger partial charge is 0.117 e. The van der Waals surface area contributed by atoms with Crippen LogP contribution in [-0.4, -0.2) is 32.2 Å². The fraction of sp³-hybridized carbons (Fsp3) is 0.462. The maximum atomic E-state index is 9.53. The van der Waals surface area contributed by atoms with Crippen molar-refractivity contribution in [3.05, 3.63) is 42.4 Å². The Kier molecular flexibility index (Phi) is 3.17. The van der Waals surface area contributed by atoms with Gasteiger partial charge in [-0.15, -0.1) is 0 Å². The lowest BCUT2D eigenvalue weighted by Crippen LogP contribution is -2.36. The number of aromatic nitrogens is 2. The largest absolute Gasteiger partial charge is 0.468 e. The van der Waals surface area contributed by atoms with E-state index in [9.17, 15) is 5.11 Å². The van der Waals surface area contributed by atoms with Gasteiger partial charge in [0.15, 0.2) is 0 Å². The summed E-state index contributed by atoms with van der Waals surface area (Å²) in [5.41, 5.74) is 1.19. The third-order valence-corrected chi connectivity index (χ3v) is 3.53. The molecule has 0 amide bonds. The molecule has 0 saturated heterocycles. The van der Waals surface area contributed by atoms with Gasteiger partial charge in [0.2, 0.25) is 0 Å². The maximum Gasteiger partial charge on any atom is 0.117 e. The van der Waals surface area contributed by atoms with Crippen molar-refractivity contribution in [1.29, 1.82) is 0 Å². The molecule has 0 aromatic carbocycles. The number of imidazole rings is 1. The first-order chi connectivity index (χ1) is 8.86. The van der Waals surface area contributed by atoms with Crippen LogP contribution in [0.2, 0.25) is 0 Å². The number of fused-ring (bicyclic) bond motifs is 1. The molecule has 0 saturated carbocycles. The predicted molar refractivity (Wildman–Crippen MR) is 65.7 cm³/mol. The van der Waals surface area contributed by atoms with E-state index in [4.69, 9.17) is 4.42 Å². The molecule has 0 spiro atoms. The summed E-state index contributed by atoms with van der Waals surface area (Å²) in [5, 5.41) is 9.53. The van der Waals surface area contributed by atoms with E-state index in [0.717, 1.165) is 31.8 Å². The summed E-state index contributed by atoms with van der Waals surface area (Å²) in [7, 11) is 0. The van der Waals surface area contributed by atoms with E-state index in [1.807, 2.05) is 24.7 Å². The average Bonchev–Trinajstić information content (AvgIpc) is 3.00. The standard InChI is InChI=1S/C13H17N3O2/c17-9-11-3-4-15-10-14-6-12(15)7-16(11)8-13-2-1-5-18-13/h1-2,5-6,10-11,17H,3-4,7-9H2/t11-/m1/s1. The number of aryl methyl sites for hydroxylation is 1. The van der Waals surface area contributed by atoms with Crippen LogP contribution in [0.3, 0.4) is 0 Å². The van der Waals surface area contributed by atoms with Crippen molar-refractivity contribution in [1.82, 2.24) is 14.5 Å². The zero-order valence-electron chi connectivity index (χ0n) is 10.2. The van der Waals surface area contributed by atoms with E-state index in [1.54, 1.807) is 6.26 Å². The molecule has 0 aliphatic carbocycles. The summed E-state index contributed by atoms with van der Waals surface area (Å²) in [6.45, 7) is 2.61. The summed E-state index contributed by atoms with van der Waals surface area (Å²) in [6, 6.07) is 4.04. The predicted octanol–water partition coefficient (Wildman–Crippen LogP) is 1.24. The molecule has 3 heterocycles. The van der Waals surface area contributed by atoms with Crippen molar-refractivity contribution in [3.63, 3.8) is 0 Å². The molecule has 96 valence electrons. The number of nitrogens with zero attached hydrogens (tertiary/aromatic N) is 3. The van der Waals surface area contributed by atoms with Gasteiger partial charge in [-0.05, 0) is 18.6 Å². The van der Waals surface area contributed by atoms with Crippen LogP contribution < -0.4 is 0 Å². The molecule has 0 radical (unpaired) electrons. The quantitative estimate of drug-likeness (QED) is 0.886. The van der Waals surface area contributed by atoms with Crippen molar-refractivity contribution in [3.8, 4) is 0 Å². The van der Waals surface area contributed by atoms with Crippen LogP contribution in [0, 0.1) is 0 Å². The Bertz CT molecular complexity index is 492. The van der Waals surface area contributed by atoms with Crippen LogP contribution in [0.1, 0.15) is 17.9 Å². The van der Waals surface area contributed by atoms with E-state index in [1.165, 1.54) is 5.69 Å². The number of rotatable bonds is 3. The van der Waals surface area contributed by atoms with Crippen molar-refractivity contribution >= 4 is 0 Å². The molecule has 3 rings (SSSR count). The minimum absolute atomic E-state index is 0.176. The molecule has 1 N–H and O–H groups in total. The number of aliphatic hydroxyl groups excluding tert-OH is 1. The minimum atomic E-state index is 0.176. The minimum Gasteiger partial charge on any atom is -0.468 e. The molecule has 0 bridgehead atoms. The fourth-order valence-electron chi connectivity index (χ4n) is 2.48. The van der Waals surface area contributed by atoms with Crippen molar-refractivity contribution in [2.24, 2.45) is 0 Å². The van der Waals surface area contributed by atoms with Gasteiger partial charge in [0.05, 0.1) is 31.4 Å². The first-order valence-corrected chi connectivity index (χ1v) is 6.23. The summed E-state index contributed by atoms with van der Waals surface area (Å²) >= 11 is 0. The first kappa shape index (κ1) is 11.5. The fourth-order valence-corrected chi connectivity index (χ4v) is 2.48. The van der Waals surface area contributed by atoms with Gasteiger partial charge < -0.3 is 14.1 Å². The van der Waals surface area contributed by atoms with Gasteiger partial charge in [-0.1, -0.05) is 0 Å². The van der Waals surface area contributed by atoms with Crippen LogP contribution in [0.4, 0.5) is 0 Å². The highest BCUT2D eigenvalue weighted by Gasteiger charge is 2.23. The highest BCUT2D eigenvalue weighted by molar-refractivity contribution is 5.04. The van der Waals surface area contributed by atoms with Crippen LogP contribution in [-0.2, 0) is 19.6 Å². The van der Waals surface area contributed by atoms with Gasteiger partial charge in [0, 0.05) is 25.3 Å². The Morgan fingerprint density at radius 2 is 2.44 bits per heavy atom. The molecule has 1 atom stereocenters. The second-order valence-corrected chi connectivity index (χ2v) is 4.69. The summed E-state index contributed by atoms with van der Waals surface area (Å²) < 4.78 is 7.55. The zero-order chi connectivity index (χ0) is 12.4. The van der Waals surface area contributed by atoms with Crippen molar-refractivity contribution < 1.29 is 9.52 Å². The molecule has 1 aliphatic rings. The number of aliphatic hydroxyl groups is 1. The normalized spacial score (nSPS) is 20.6. The van der Waals surface area contributed by atoms with E-state index >= 15 is 0 Å². The number of furan rings is 1. The lowest BCUT2D eigenvalue weighted by atomic mass is 10.2. The summed E-state index contributed by atoms with van der Waals surface area (Å²) in [4.78, 5) is 6.43. The Labute approximate surface area is 106 Å². The van der Waals surface area contributed by atoms with Crippen molar-refractivity contribution in [2.75, 3.05) is 6.61 Å². The average molecular weight is 247 g/mol. The summed E-state index contributed by atoms with van der Waals surface area (Å²) in [5.74, 6) is 0.932. The van der Waals surface area contributed by atoms with E-state index in [0.29, 0.717) is 0 Å². The number of hydrogen-bond donors (Lipinski definition) is 1. The monoisotopic (exact) mass is 247 g/mol. The van der Waals surface area contributed by atoms with Gasteiger partial charge in [-0.25, -0.2) is 4.98 Å². The molecule has 0 unspecified atom stereocenters. The maximum absolute atomic E-state index is 9.53.